The van der Waals surface area contributed by atoms with Crippen molar-refractivity contribution in [3.63, 3.8) is 0 Å². The van der Waals surface area contributed by atoms with Gasteiger partial charge < -0.3 is 23.7 Å². The number of carbonyl (C=O) groups excluding carboxylic acids is 2. The topological polar surface area (TPSA) is 83.6 Å². The molecule has 1 aliphatic carbocycles. The Hall–Kier alpha value is -1.96. The highest BCUT2D eigenvalue weighted by molar-refractivity contribution is 5.91. The second-order valence-corrected chi connectivity index (χ2v) is 8.11. The Morgan fingerprint density at radius 1 is 1.43 bits per heavy atom. The maximum atomic E-state index is 12.3. The van der Waals surface area contributed by atoms with Crippen molar-refractivity contribution in [1.29, 1.82) is 0 Å². The van der Waals surface area contributed by atoms with Gasteiger partial charge in [-0.25, -0.2) is 9.59 Å². The lowest BCUT2D eigenvalue weighted by Crippen LogP contribution is -2.39. The normalized spacial score (nSPS) is 41.5. The summed E-state index contributed by atoms with van der Waals surface area (Å²) in [6, 6.07) is 0. The molecule has 0 aromatic heterocycles. The van der Waals surface area contributed by atoms with Gasteiger partial charge in [-0.05, 0) is 26.3 Å². The molecule has 7 atom stereocenters. The van der Waals surface area contributed by atoms with Gasteiger partial charge in [0.05, 0.1) is 17.6 Å². The third-order valence-corrected chi connectivity index (χ3v) is 5.87. The van der Waals surface area contributed by atoms with E-state index in [9.17, 15) is 9.59 Å². The Labute approximate surface area is 164 Å². The van der Waals surface area contributed by atoms with E-state index in [1.165, 1.54) is 0 Å². The maximum Gasteiger partial charge on any atom is 0.334 e. The zero-order valence-electron chi connectivity index (χ0n) is 16.4. The Balaban J connectivity index is 1.71. The molecule has 7 heteroatoms. The molecular formula is C21H26O7. The predicted molar refractivity (Wildman–Crippen MR) is 98.1 cm³/mol. The van der Waals surface area contributed by atoms with Crippen LogP contribution in [-0.2, 0) is 33.3 Å². The number of carbonyl (C=O) groups is 2. The second-order valence-electron chi connectivity index (χ2n) is 8.11. The van der Waals surface area contributed by atoms with Crippen LogP contribution in [0.4, 0.5) is 0 Å². The average Bonchev–Trinajstić information content (AvgIpc) is 3.00. The van der Waals surface area contributed by atoms with Gasteiger partial charge in [0.15, 0.2) is 6.29 Å². The molecule has 0 aromatic carbocycles. The Kier molecular flexibility index (Phi) is 4.72. The van der Waals surface area contributed by atoms with E-state index in [4.69, 9.17) is 23.7 Å². The summed E-state index contributed by atoms with van der Waals surface area (Å²) in [5.41, 5.74) is 0.987. The Bertz CT molecular complexity index is 769. The van der Waals surface area contributed by atoms with Crippen molar-refractivity contribution in [2.24, 2.45) is 5.92 Å². The van der Waals surface area contributed by atoms with Crippen LogP contribution in [0.5, 0.6) is 0 Å². The minimum Gasteiger partial charge on any atom is -0.458 e. The lowest BCUT2D eigenvalue weighted by Gasteiger charge is -2.28. The lowest BCUT2D eigenvalue weighted by atomic mass is 9.82. The quantitative estimate of drug-likeness (QED) is 0.315. The zero-order chi connectivity index (χ0) is 20.2. The van der Waals surface area contributed by atoms with Crippen molar-refractivity contribution in [3.8, 4) is 0 Å². The standard InChI is InChI=1S/C21H26O7/c1-6-24-20-12-7-13(25-20)9-21(5)17(28-21)16-15(11(4)19(23)27-16)14(8-12)26-18(22)10(2)3/h7,13-17,20H,2,4,6,8-9H2,1,3,5H3/t13-,14-,15+,16-,17+,20?,21+/m0/s1. The van der Waals surface area contributed by atoms with E-state index in [2.05, 4.69) is 13.2 Å². The summed E-state index contributed by atoms with van der Waals surface area (Å²) in [6.45, 7) is 13.5. The zero-order valence-corrected chi connectivity index (χ0v) is 16.4. The van der Waals surface area contributed by atoms with E-state index < -0.39 is 42.0 Å². The lowest BCUT2D eigenvalue weighted by molar-refractivity contribution is -0.150. The number of ether oxygens (including phenoxy) is 5. The largest absolute Gasteiger partial charge is 0.458 e. The fourth-order valence-corrected chi connectivity index (χ4v) is 4.41. The van der Waals surface area contributed by atoms with Crippen LogP contribution < -0.4 is 0 Å². The summed E-state index contributed by atoms with van der Waals surface area (Å²) < 4.78 is 29.1. The first-order chi connectivity index (χ1) is 13.2. The maximum absolute atomic E-state index is 12.3. The molecule has 3 aliphatic heterocycles. The number of hydrogen-bond donors (Lipinski definition) is 0. The smallest absolute Gasteiger partial charge is 0.334 e. The van der Waals surface area contributed by atoms with Gasteiger partial charge in [0, 0.05) is 30.6 Å². The van der Waals surface area contributed by atoms with Crippen molar-refractivity contribution in [2.75, 3.05) is 6.61 Å². The molecule has 1 unspecified atom stereocenters. The molecule has 4 rings (SSSR count). The van der Waals surface area contributed by atoms with Gasteiger partial charge in [-0.3, -0.25) is 0 Å². The number of fused-ring (bicyclic) bond motifs is 4. The molecule has 0 radical (unpaired) electrons. The summed E-state index contributed by atoms with van der Waals surface area (Å²) >= 11 is 0. The summed E-state index contributed by atoms with van der Waals surface area (Å²) in [6.07, 6.45) is 0.839. The van der Waals surface area contributed by atoms with Crippen molar-refractivity contribution in [1.82, 2.24) is 0 Å². The van der Waals surface area contributed by atoms with Crippen LogP contribution in [0.15, 0.2) is 36.0 Å². The van der Waals surface area contributed by atoms with E-state index in [-0.39, 0.29) is 17.8 Å². The van der Waals surface area contributed by atoms with Gasteiger partial charge in [-0.1, -0.05) is 19.2 Å². The van der Waals surface area contributed by atoms with Gasteiger partial charge in [-0.2, -0.15) is 0 Å². The molecular weight excluding hydrogens is 364 g/mol. The van der Waals surface area contributed by atoms with E-state index in [1.54, 1.807) is 6.92 Å². The van der Waals surface area contributed by atoms with E-state index >= 15 is 0 Å². The van der Waals surface area contributed by atoms with Crippen LogP contribution in [0.2, 0.25) is 0 Å². The molecule has 0 aromatic rings. The highest BCUT2D eigenvalue weighted by Gasteiger charge is 2.65. The number of rotatable bonds is 4. The Morgan fingerprint density at radius 2 is 2.18 bits per heavy atom. The highest BCUT2D eigenvalue weighted by Crippen LogP contribution is 2.52. The molecule has 2 bridgehead atoms. The monoisotopic (exact) mass is 390 g/mol. The van der Waals surface area contributed by atoms with Gasteiger partial charge in [0.1, 0.15) is 18.3 Å². The third kappa shape index (κ3) is 3.21. The van der Waals surface area contributed by atoms with Gasteiger partial charge in [0.2, 0.25) is 0 Å². The fourth-order valence-electron chi connectivity index (χ4n) is 4.41. The van der Waals surface area contributed by atoms with Gasteiger partial charge in [0.25, 0.3) is 0 Å². The van der Waals surface area contributed by atoms with E-state index in [1.807, 2.05) is 19.9 Å². The molecule has 2 fully saturated rings. The fraction of sp³-hybridized carbons (Fsp3) is 0.619. The van der Waals surface area contributed by atoms with Crippen LogP contribution in [0.1, 0.15) is 33.6 Å². The van der Waals surface area contributed by atoms with Crippen molar-refractivity contribution in [3.05, 3.63) is 36.0 Å². The third-order valence-electron chi connectivity index (χ3n) is 5.87. The first-order valence-electron chi connectivity index (χ1n) is 9.65. The van der Waals surface area contributed by atoms with E-state index in [0.29, 0.717) is 25.0 Å². The number of epoxide rings is 1. The number of esters is 2. The molecule has 3 heterocycles. The summed E-state index contributed by atoms with van der Waals surface area (Å²) in [7, 11) is 0. The predicted octanol–water partition coefficient (Wildman–Crippen LogP) is 2.21. The molecule has 0 N–H and O–H groups in total. The molecule has 0 amide bonds. The van der Waals surface area contributed by atoms with Crippen molar-refractivity contribution in [2.45, 2.75) is 69.9 Å². The molecule has 4 aliphatic rings. The van der Waals surface area contributed by atoms with Crippen LogP contribution in [0.3, 0.4) is 0 Å². The van der Waals surface area contributed by atoms with Crippen molar-refractivity contribution < 1.29 is 33.3 Å². The van der Waals surface area contributed by atoms with Gasteiger partial charge >= 0.3 is 11.9 Å². The number of hydrogen-bond acceptors (Lipinski definition) is 7. The molecule has 2 saturated heterocycles. The van der Waals surface area contributed by atoms with E-state index in [0.717, 1.165) is 5.57 Å². The summed E-state index contributed by atoms with van der Waals surface area (Å²) in [5, 5.41) is 0. The van der Waals surface area contributed by atoms with Crippen LogP contribution in [0, 0.1) is 5.92 Å². The summed E-state index contributed by atoms with van der Waals surface area (Å²) in [4.78, 5) is 24.6. The summed E-state index contributed by atoms with van der Waals surface area (Å²) in [5.74, 6) is -1.49. The minimum absolute atomic E-state index is 0.170. The van der Waals surface area contributed by atoms with Gasteiger partial charge in [-0.15, -0.1) is 0 Å². The first kappa shape index (κ1) is 19.4. The van der Waals surface area contributed by atoms with Crippen molar-refractivity contribution >= 4 is 11.9 Å². The van der Waals surface area contributed by atoms with Crippen LogP contribution in [0.25, 0.3) is 0 Å². The highest BCUT2D eigenvalue weighted by atomic mass is 16.7. The molecule has 0 spiro atoms. The second kappa shape index (κ2) is 6.83. The first-order valence-corrected chi connectivity index (χ1v) is 9.65. The Morgan fingerprint density at radius 3 is 2.86 bits per heavy atom. The van der Waals surface area contributed by atoms with Crippen LogP contribution in [-0.4, -0.2) is 54.9 Å². The SMILES string of the molecule is C=C(C)C(=O)O[C@H]1CC2=C[C@@H](C[C@@]3(C)O[C@@H]3[C@H]3OC(=O)C(=C)[C@@H]31)OC2OCC. The molecule has 7 nitrogen and oxygen atoms in total. The average molecular weight is 390 g/mol. The molecule has 28 heavy (non-hydrogen) atoms. The minimum atomic E-state index is -0.656. The molecule has 0 saturated carbocycles. The molecule has 152 valence electrons. The van der Waals surface area contributed by atoms with Crippen LogP contribution >= 0.6 is 0 Å².